The molecule has 0 atom stereocenters. The van der Waals surface area contributed by atoms with Crippen LogP contribution in [0.1, 0.15) is 15.9 Å². The maximum absolute atomic E-state index is 12.3. The third-order valence-electron chi connectivity index (χ3n) is 3.59. The first-order chi connectivity index (χ1) is 12.8. The molecule has 0 aromatic heterocycles. The van der Waals surface area contributed by atoms with Crippen LogP contribution in [0, 0.1) is 18.3 Å². The Balaban J connectivity index is 2.20. The fourth-order valence-electron chi connectivity index (χ4n) is 2.17. The van der Waals surface area contributed by atoms with Crippen molar-refractivity contribution in [3.8, 4) is 11.8 Å². The SMILES string of the molecule is COc1cc(Cl)c(C)cc1N/C=C(/C#N)C(=O)Nc1cccc(C(=O)O)c1. The zero-order chi connectivity index (χ0) is 20.0. The van der Waals surface area contributed by atoms with E-state index in [1.165, 1.54) is 37.6 Å². The van der Waals surface area contributed by atoms with Gasteiger partial charge in [-0.1, -0.05) is 17.7 Å². The Hall–Kier alpha value is -3.50. The second kappa shape index (κ2) is 8.74. The van der Waals surface area contributed by atoms with Crippen LogP contribution in [0.5, 0.6) is 5.75 Å². The number of nitrogens with zero attached hydrogens (tertiary/aromatic N) is 1. The normalized spacial score (nSPS) is 10.7. The van der Waals surface area contributed by atoms with Gasteiger partial charge in [0.2, 0.25) is 0 Å². The number of hydrogen-bond acceptors (Lipinski definition) is 5. The maximum atomic E-state index is 12.3. The number of carboxylic acid groups (broad SMARTS) is 1. The molecule has 0 bridgehead atoms. The molecule has 0 aliphatic heterocycles. The lowest BCUT2D eigenvalue weighted by atomic mass is 10.2. The topological polar surface area (TPSA) is 111 Å². The van der Waals surface area contributed by atoms with Crippen molar-refractivity contribution in [2.75, 3.05) is 17.7 Å². The van der Waals surface area contributed by atoms with Crippen LogP contribution >= 0.6 is 11.6 Å². The first-order valence-electron chi connectivity index (χ1n) is 7.71. The van der Waals surface area contributed by atoms with Crippen molar-refractivity contribution in [1.82, 2.24) is 0 Å². The van der Waals surface area contributed by atoms with Crippen molar-refractivity contribution in [1.29, 1.82) is 5.26 Å². The Bertz CT molecular complexity index is 964. The van der Waals surface area contributed by atoms with Crippen LogP contribution in [-0.2, 0) is 4.79 Å². The van der Waals surface area contributed by atoms with Crippen LogP contribution in [0.15, 0.2) is 48.2 Å². The molecule has 0 fully saturated rings. The summed E-state index contributed by atoms with van der Waals surface area (Å²) >= 11 is 6.05. The molecular weight excluding hydrogens is 370 g/mol. The monoisotopic (exact) mass is 385 g/mol. The second-order valence-corrected chi connectivity index (χ2v) is 5.86. The van der Waals surface area contributed by atoms with E-state index >= 15 is 0 Å². The molecule has 0 heterocycles. The molecule has 2 rings (SSSR count). The summed E-state index contributed by atoms with van der Waals surface area (Å²) in [7, 11) is 1.48. The highest BCUT2D eigenvalue weighted by atomic mass is 35.5. The summed E-state index contributed by atoms with van der Waals surface area (Å²) in [6, 6.07) is 10.9. The number of carbonyl (C=O) groups is 2. The molecular formula is C19H16ClN3O4. The van der Waals surface area contributed by atoms with E-state index in [0.717, 1.165) is 5.56 Å². The number of nitriles is 1. The molecule has 0 aliphatic carbocycles. The summed E-state index contributed by atoms with van der Waals surface area (Å²) in [5.41, 5.74) is 1.41. The minimum Gasteiger partial charge on any atom is -0.495 e. The lowest BCUT2D eigenvalue weighted by Crippen LogP contribution is -2.15. The molecule has 8 heteroatoms. The number of carboxylic acids is 1. The van der Waals surface area contributed by atoms with Crippen LogP contribution in [0.3, 0.4) is 0 Å². The lowest BCUT2D eigenvalue weighted by Gasteiger charge is -2.11. The van der Waals surface area contributed by atoms with Crippen LogP contribution < -0.4 is 15.4 Å². The van der Waals surface area contributed by atoms with Gasteiger partial charge in [-0.05, 0) is 36.8 Å². The van der Waals surface area contributed by atoms with Gasteiger partial charge in [-0.25, -0.2) is 4.79 Å². The van der Waals surface area contributed by atoms with E-state index in [4.69, 9.17) is 21.4 Å². The van der Waals surface area contributed by atoms with Crippen molar-refractivity contribution in [3.63, 3.8) is 0 Å². The van der Waals surface area contributed by atoms with Crippen LogP contribution in [0.2, 0.25) is 5.02 Å². The highest BCUT2D eigenvalue weighted by Crippen LogP contribution is 2.31. The van der Waals surface area contributed by atoms with Gasteiger partial charge in [0.1, 0.15) is 17.4 Å². The summed E-state index contributed by atoms with van der Waals surface area (Å²) in [4.78, 5) is 23.3. The standard InChI is InChI=1S/C19H16ClN3O4/c1-11-6-16(17(27-2)8-15(11)20)22-10-13(9-21)18(24)23-14-5-3-4-12(7-14)19(25)26/h3-8,10,22H,1-2H3,(H,23,24)(H,25,26)/b13-10-. The van der Waals surface area contributed by atoms with Gasteiger partial charge >= 0.3 is 5.97 Å². The average molecular weight is 386 g/mol. The van der Waals surface area contributed by atoms with Crippen molar-refractivity contribution in [2.24, 2.45) is 0 Å². The molecule has 0 saturated heterocycles. The third-order valence-corrected chi connectivity index (χ3v) is 3.99. The van der Waals surface area contributed by atoms with Crippen molar-refractivity contribution < 1.29 is 19.4 Å². The Kier molecular flexibility index (Phi) is 6.41. The van der Waals surface area contributed by atoms with E-state index < -0.39 is 11.9 Å². The van der Waals surface area contributed by atoms with E-state index in [1.54, 1.807) is 18.2 Å². The first kappa shape index (κ1) is 19.8. The molecule has 1 amide bonds. The highest BCUT2D eigenvalue weighted by molar-refractivity contribution is 6.31. The second-order valence-electron chi connectivity index (χ2n) is 5.46. The number of nitrogens with one attached hydrogen (secondary N) is 2. The number of aryl methyl sites for hydroxylation is 1. The highest BCUT2D eigenvalue weighted by Gasteiger charge is 2.12. The predicted octanol–water partition coefficient (Wildman–Crippen LogP) is 3.81. The quantitative estimate of drug-likeness (QED) is 0.515. The van der Waals surface area contributed by atoms with E-state index in [1.807, 2.05) is 6.92 Å². The fraction of sp³-hybridized carbons (Fsp3) is 0.105. The van der Waals surface area contributed by atoms with Gasteiger partial charge in [0.25, 0.3) is 5.91 Å². The van der Waals surface area contributed by atoms with Crippen LogP contribution in [-0.4, -0.2) is 24.1 Å². The lowest BCUT2D eigenvalue weighted by molar-refractivity contribution is -0.112. The Morgan fingerprint density at radius 3 is 2.67 bits per heavy atom. The number of anilines is 2. The number of aromatic carboxylic acids is 1. The summed E-state index contributed by atoms with van der Waals surface area (Å²) in [6.45, 7) is 1.81. The molecule has 3 N–H and O–H groups in total. The zero-order valence-corrected chi connectivity index (χ0v) is 15.3. The van der Waals surface area contributed by atoms with Gasteiger partial charge < -0.3 is 20.5 Å². The molecule has 2 aromatic rings. The van der Waals surface area contributed by atoms with Gasteiger partial charge in [-0.15, -0.1) is 0 Å². The smallest absolute Gasteiger partial charge is 0.335 e. The number of ether oxygens (including phenoxy) is 1. The minimum absolute atomic E-state index is 0.0230. The molecule has 0 spiro atoms. The van der Waals surface area contributed by atoms with Gasteiger partial charge in [0, 0.05) is 23.0 Å². The Morgan fingerprint density at radius 1 is 1.30 bits per heavy atom. The van der Waals surface area contributed by atoms with E-state index in [-0.39, 0.29) is 16.8 Å². The Morgan fingerprint density at radius 2 is 2.04 bits per heavy atom. The number of methoxy groups -OCH3 is 1. The molecule has 0 radical (unpaired) electrons. The van der Waals surface area contributed by atoms with Crippen molar-refractivity contribution in [2.45, 2.75) is 6.92 Å². The molecule has 138 valence electrons. The van der Waals surface area contributed by atoms with Gasteiger partial charge in [-0.3, -0.25) is 4.79 Å². The summed E-state index contributed by atoms with van der Waals surface area (Å²) in [6.07, 6.45) is 1.24. The van der Waals surface area contributed by atoms with Crippen LogP contribution in [0.25, 0.3) is 0 Å². The minimum atomic E-state index is -1.12. The van der Waals surface area contributed by atoms with Gasteiger partial charge in [0.05, 0.1) is 18.4 Å². The van der Waals surface area contributed by atoms with E-state index in [9.17, 15) is 14.9 Å². The maximum Gasteiger partial charge on any atom is 0.335 e. The average Bonchev–Trinajstić information content (AvgIpc) is 2.64. The van der Waals surface area contributed by atoms with Crippen molar-refractivity contribution >= 4 is 34.9 Å². The fourth-order valence-corrected chi connectivity index (χ4v) is 2.33. The first-order valence-corrected chi connectivity index (χ1v) is 8.09. The van der Waals surface area contributed by atoms with Gasteiger partial charge in [-0.2, -0.15) is 5.26 Å². The summed E-state index contributed by atoms with van der Waals surface area (Å²) in [5, 5.41) is 24.1. The number of amides is 1. The summed E-state index contributed by atoms with van der Waals surface area (Å²) < 4.78 is 5.22. The molecule has 0 aliphatic rings. The zero-order valence-electron chi connectivity index (χ0n) is 14.5. The molecule has 7 nitrogen and oxygen atoms in total. The largest absolute Gasteiger partial charge is 0.495 e. The number of benzene rings is 2. The molecule has 0 unspecified atom stereocenters. The van der Waals surface area contributed by atoms with Gasteiger partial charge in [0.15, 0.2) is 0 Å². The Labute approximate surface area is 160 Å². The predicted molar refractivity (Wildman–Crippen MR) is 102 cm³/mol. The van der Waals surface area contributed by atoms with E-state index in [2.05, 4.69) is 10.6 Å². The molecule has 2 aromatic carbocycles. The number of carbonyl (C=O) groups excluding carboxylic acids is 1. The van der Waals surface area contributed by atoms with E-state index in [0.29, 0.717) is 16.5 Å². The molecule has 0 saturated carbocycles. The summed E-state index contributed by atoms with van der Waals surface area (Å²) in [5.74, 6) is -1.35. The molecule has 27 heavy (non-hydrogen) atoms. The number of hydrogen-bond donors (Lipinski definition) is 3. The van der Waals surface area contributed by atoms with Crippen LogP contribution in [0.4, 0.5) is 11.4 Å². The third kappa shape index (κ3) is 5.00. The van der Waals surface area contributed by atoms with Crippen molar-refractivity contribution in [3.05, 3.63) is 64.3 Å². The number of rotatable bonds is 6. The number of halogens is 1.